The molecule has 2 heterocycles. The largest absolute Gasteiger partial charge is 0.356 e. The van der Waals surface area contributed by atoms with E-state index in [1.165, 1.54) is 0 Å². The summed E-state index contributed by atoms with van der Waals surface area (Å²) in [6, 6.07) is 6.04. The first-order valence-electron chi connectivity index (χ1n) is 8.79. The number of rotatable bonds is 7. The van der Waals surface area contributed by atoms with Crippen LogP contribution in [-0.4, -0.2) is 40.4 Å². The van der Waals surface area contributed by atoms with E-state index >= 15 is 0 Å². The molecule has 0 spiro atoms. The Bertz CT molecular complexity index is 848. The standard InChI is InChI=1S/C18H21N5O4/c1-11-20-16(27-23-11)7-4-10-19-15(24)9-8-14-18(26)21-13-6-3-2-5-12(13)17(25)22-14/h2-3,5-6,14H,4,7-10H2,1H3,(H,19,24)(H,21,26)(H,22,25). The molecule has 2 aromatic rings. The lowest BCUT2D eigenvalue weighted by molar-refractivity contribution is -0.121. The van der Waals surface area contributed by atoms with Crippen molar-refractivity contribution in [2.45, 2.75) is 38.6 Å². The molecule has 1 aromatic carbocycles. The summed E-state index contributed by atoms with van der Waals surface area (Å²) in [6.45, 7) is 2.21. The van der Waals surface area contributed by atoms with E-state index in [1.807, 2.05) is 0 Å². The molecule has 3 N–H and O–H groups in total. The van der Waals surface area contributed by atoms with Crippen LogP contribution < -0.4 is 16.0 Å². The average molecular weight is 371 g/mol. The Morgan fingerprint density at radius 1 is 1.30 bits per heavy atom. The number of anilines is 1. The number of nitrogens with zero attached hydrogens (tertiary/aromatic N) is 2. The molecular weight excluding hydrogens is 350 g/mol. The van der Waals surface area contributed by atoms with E-state index < -0.39 is 6.04 Å². The van der Waals surface area contributed by atoms with Gasteiger partial charge in [0.1, 0.15) is 6.04 Å². The number of carbonyl (C=O) groups is 3. The molecule has 1 unspecified atom stereocenters. The fraction of sp³-hybridized carbons (Fsp3) is 0.389. The van der Waals surface area contributed by atoms with Gasteiger partial charge in [-0.25, -0.2) is 0 Å². The maximum Gasteiger partial charge on any atom is 0.254 e. The van der Waals surface area contributed by atoms with Gasteiger partial charge in [0.25, 0.3) is 5.91 Å². The third-order valence-corrected chi connectivity index (χ3v) is 4.17. The van der Waals surface area contributed by atoms with E-state index in [9.17, 15) is 14.4 Å². The normalized spacial score (nSPS) is 16.1. The van der Waals surface area contributed by atoms with Crippen LogP contribution >= 0.6 is 0 Å². The van der Waals surface area contributed by atoms with Crippen molar-refractivity contribution in [2.24, 2.45) is 0 Å². The van der Waals surface area contributed by atoms with Gasteiger partial charge in [-0.3, -0.25) is 14.4 Å². The van der Waals surface area contributed by atoms with Gasteiger partial charge in [-0.05, 0) is 31.9 Å². The van der Waals surface area contributed by atoms with Crippen molar-refractivity contribution in [3.05, 3.63) is 41.5 Å². The Morgan fingerprint density at radius 2 is 2.11 bits per heavy atom. The van der Waals surface area contributed by atoms with Crippen LogP contribution in [0.15, 0.2) is 28.8 Å². The van der Waals surface area contributed by atoms with Gasteiger partial charge >= 0.3 is 0 Å². The number of para-hydroxylation sites is 1. The Balaban J connectivity index is 1.42. The monoisotopic (exact) mass is 371 g/mol. The summed E-state index contributed by atoms with van der Waals surface area (Å²) in [5.74, 6) is 0.289. The number of aryl methyl sites for hydroxylation is 2. The van der Waals surface area contributed by atoms with Crippen LogP contribution in [0.1, 0.15) is 41.3 Å². The summed E-state index contributed by atoms with van der Waals surface area (Å²) >= 11 is 0. The van der Waals surface area contributed by atoms with Crippen molar-refractivity contribution >= 4 is 23.4 Å². The highest BCUT2D eigenvalue weighted by Crippen LogP contribution is 2.19. The van der Waals surface area contributed by atoms with Gasteiger partial charge in [0.05, 0.1) is 11.3 Å². The van der Waals surface area contributed by atoms with Crippen LogP contribution in [0, 0.1) is 6.92 Å². The third-order valence-electron chi connectivity index (χ3n) is 4.17. The highest BCUT2D eigenvalue weighted by Gasteiger charge is 2.27. The first-order chi connectivity index (χ1) is 13.0. The molecule has 9 nitrogen and oxygen atoms in total. The van der Waals surface area contributed by atoms with E-state index in [1.54, 1.807) is 31.2 Å². The molecule has 27 heavy (non-hydrogen) atoms. The molecule has 0 saturated heterocycles. The van der Waals surface area contributed by atoms with Crippen LogP contribution in [0.25, 0.3) is 0 Å². The van der Waals surface area contributed by atoms with E-state index in [2.05, 4.69) is 26.1 Å². The van der Waals surface area contributed by atoms with Gasteiger partial charge < -0.3 is 20.5 Å². The highest BCUT2D eigenvalue weighted by atomic mass is 16.5. The molecule has 0 aliphatic carbocycles. The zero-order valence-electron chi connectivity index (χ0n) is 14.9. The maximum absolute atomic E-state index is 12.3. The van der Waals surface area contributed by atoms with Crippen LogP contribution in [0.2, 0.25) is 0 Å². The number of nitrogens with one attached hydrogen (secondary N) is 3. The fourth-order valence-electron chi connectivity index (χ4n) is 2.79. The highest BCUT2D eigenvalue weighted by molar-refractivity contribution is 6.09. The molecular formula is C18H21N5O4. The van der Waals surface area contributed by atoms with Gasteiger partial charge in [-0.2, -0.15) is 4.98 Å². The van der Waals surface area contributed by atoms with Gasteiger partial charge in [0, 0.05) is 19.4 Å². The minimum atomic E-state index is -0.753. The Labute approximate surface area is 155 Å². The van der Waals surface area contributed by atoms with Crippen LogP contribution in [-0.2, 0) is 16.0 Å². The quantitative estimate of drug-likeness (QED) is 0.622. The average Bonchev–Trinajstić information content (AvgIpc) is 3.02. The van der Waals surface area contributed by atoms with Gasteiger partial charge in [0.2, 0.25) is 17.7 Å². The number of carbonyl (C=O) groups excluding carboxylic acids is 3. The molecule has 1 atom stereocenters. The third kappa shape index (κ3) is 4.90. The molecule has 142 valence electrons. The SMILES string of the molecule is Cc1noc(CCCNC(=O)CCC2NC(=O)c3ccccc3NC2=O)n1. The predicted molar refractivity (Wildman–Crippen MR) is 95.9 cm³/mol. The van der Waals surface area contributed by atoms with E-state index in [0.717, 1.165) is 0 Å². The second-order valence-corrected chi connectivity index (χ2v) is 6.29. The van der Waals surface area contributed by atoms with E-state index in [4.69, 9.17) is 4.52 Å². The lowest BCUT2D eigenvalue weighted by Crippen LogP contribution is -2.42. The molecule has 9 heteroatoms. The molecule has 3 rings (SSSR count). The van der Waals surface area contributed by atoms with Gasteiger partial charge in [0.15, 0.2) is 5.82 Å². The van der Waals surface area contributed by atoms with Gasteiger partial charge in [-0.15, -0.1) is 0 Å². The minimum absolute atomic E-state index is 0.133. The minimum Gasteiger partial charge on any atom is -0.356 e. The summed E-state index contributed by atoms with van der Waals surface area (Å²) < 4.78 is 5.00. The fourth-order valence-corrected chi connectivity index (χ4v) is 2.79. The number of hydrogen-bond acceptors (Lipinski definition) is 6. The molecule has 0 radical (unpaired) electrons. The van der Waals surface area contributed by atoms with Gasteiger partial charge in [-0.1, -0.05) is 17.3 Å². The van der Waals surface area contributed by atoms with Crippen LogP contribution in [0.5, 0.6) is 0 Å². The van der Waals surface area contributed by atoms with Crippen molar-refractivity contribution in [3.8, 4) is 0 Å². The second-order valence-electron chi connectivity index (χ2n) is 6.29. The van der Waals surface area contributed by atoms with E-state index in [0.29, 0.717) is 42.4 Å². The summed E-state index contributed by atoms with van der Waals surface area (Å²) in [5, 5.41) is 11.9. The molecule has 1 aromatic heterocycles. The lowest BCUT2D eigenvalue weighted by atomic mass is 10.1. The van der Waals surface area contributed by atoms with Crippen molar-refractivity contribution in [3.63, 3.8) is 0 Å². The smallest absolute Gasteiger partial charge is 0.254 e. The summed E-state index contributed by atoms with van der Waals surface area (Å²) in [5.41, 5.74) is 0.886. The van der Waals surface area contributed by atoms with E-state index in [-0.39, 0.29) is 30.6 Å². The van der Waals surface area contributed by atoms with Crippen molar-refractivity contribution < 1.29 is 18.9 Å². The van der Waals surface area contributed by atoms with Crippen LogP contribution in [0.4, 0.5) is 5.69 Å². The Hall–Kier alpha value is -3.23. The number of benzene rings is 1. The first kappa shape index (κ1) is 18.6. The number of amides is 3. The first-order valence-corrected chi connectivity index (χ1v) is 8.79. The molecule has 0 fully saturated rings. The topological polar surface area (TPSA) is 126 Å². The Morgan fingerprint density at radius 3 is 2.89 bits per heavy atom. The number of aromatic nitrogens is 2. The Kier molecular flexibility index (Phi) is 5.80. The zero-order chi connectivity index (χ0) is 19.2. The summed E-state index contributed by atoms with van der Waals surface area (Å²) in [7, 11) is 0. The second kappa shape index (κ2) is 8.43. The zero-order valence-corrected chi connectivity index (χ0v) is 14.9. The number of hydrogen-bond donors (Lipinski definition) is 3. The maximum atomic E-state index is 12.3. The molecule has 1 aliphatic heterocycles. The molecule has 1 aliphatic rings. The van der Waals surface area contributed by atoms with Crippen molar-refractivity contribution in [2.75, 3.05) is 11.9 Å². The molecule has 0 bridgehead atoms. The molecule has 0 saturated carbocycles. The number of fused-ring (bicyclic) bond motifs is 1. The van der Waals surface area contributed by atoms with Crippen molar-refractivity contribution in [1.82, 2.24) is 20.8 Å². The molecule has 3 amide bonds. The summed E-state index contributed by atoms with van der Waals surface area (Å²) in [4.78, 5) is 40.6. The lowest BCUT2D eigenvalue weighted by Gasteiger charge is -2.14. The summed E-state index contributed by atoms with van der Waals surface area (Å²) in [6.07, 6.45) is 1.61. The van der Waals surface area contributed by atoms with Crippen LogP contribution in [0.3, 0.4) is 0 Å². The van der Waals surface area contributed by atoms with Crippen molar-refractivity contribution in [1.29, 1.82) is 0 Å². The predicted octanol–water partition coefficient (Wildman–Crippen LogP) is 0.958.